The van der Waals surface area contributed by atoms with Crippen molar-refractivity contribution in [2.75, 3.05) is 0 Å². The van der Waals surface area contributed by atoms with E-state index in [4.69, 9.17) is 4.98 Å². The van der Waals surface area contributed by atoms with Gasteiger partial charge in [0.1, 0.15) is 7.05 Å². The van der Waals surface area contributed by atoms with Gasteiger partial charge in [-0.15, -0.1) is 0 Å². The van der Waals surface area contributed by atoms with E-state index >= 15 is 0 Å². The molecule has 2 aliphatic heterocycles. The van der Waals surface area contributed by atoms with Crippen LogP contribution < -0.4 is 4.57 Å². The molecule has 0 saturated carbocycles. The maximum absolute atomic E-state index is 5.09. The van der Waals surface area contributed by atoms with Crippen LogP contribution in [0.4, 0.5) is 0 Å². The summed E-state index contributed by atoms with van der Waals surface area (Å²) < 4.78 is 2.26. The van der Waals surface area contributed by atoms with Gasteiger partial charge in [0.05, 0.1) is 11.3 Å². The number of nitrogens with zero attached hydrogens (tertiary/aromatic N) is 2. The van der Waals surface area contributed by atoms with E-state index in [-0.39, 0.29) is 0 Å². The number of rotatable bonds is 0. The van der Waals surface area contributed by atoms with E-state index in [1.807, 2.05) is 0 Å². The molecule has 146 valence electrons. The molecule has 4 heterocycles. The van der Waals surface area contributed by atoms with Gasteiger partial charge in [0.2, 0.25) is 5.69 Å². The minimum atomic E-state index is 0.924. The van der Waals surface area contributed by atoms with Crippen LogP contribution in [0.5, 0.6) is 0 Å². The first-order valence-corrected chi connectivity index (χ1v) is 10.9. The second-order valence-electron chi connectivity index (χ2n) is 8.72. The summed E-state index contributed by atoms with van der Waals surface area (Å²) in [4.78, 5) is 5.09. The Hall–Kier alpha value is -3.26. The van der Waals surface area contributed by atoms with Crippen molar-refractivity contribution < 1.29 is 4.57 Å². The number of hydrogen-bond donors (Lipinski definition) is 0. The first kappa shape index (κ1) is 17.6. The SMILES string of the molecule is Cc1ccc2c3c1-c1cc(cc[n+]1C)-c1ccc(cc1)CCCc1ccc-2c(n1)C3. The summed E-state index contributed by atoms with van der Waals surface area (Å²) in [6, 6.07) is 22.8. The third-order valence-electron chi connectivity index (χ3n) is 6.78. The van der Waals surface area contributed by atoms with E-state index in [1.165, 1.54) is 61.6 Å². The zero-order chi connectivity index (χ0) is 20.2. The maximum atomic E-state index is 5.09. The summed E-state index contributed by atoms with van der Waals surface area (Å²) in [5, 5.41) is 0. The first-order valence-electron chi connectivity index (χ1n) is 10.9. The Morgan fingerprint density at radius 2 is 1.67 bits per heavy atom. The average molecular weight is 390 g/mol. The lowest BCUT2D eigenvalue weighted by molar-refractivity contribution is -0.660. The lowest BCUT2D eigenvalue weighted by Gasteiger charge is -2.12. The normalized spacial score (nSPS) is 13.8. The highest BCUT2D eigenvalue weighted by Gasteiger charge is 2.27. The Labute approximate surface area is 177 Å². The Morgan fingerprint density at radius 1 is 0.833 bits per heavy atom. The fourth-order valence-corrected chi connectivity index (χ4v) is 5.13. The van der Waals surface area contributed by atoms with Crippen LogP contribution in [0.15, 0.2) is 66.9 Å². The Balaban J connectivity index is 1.64. The molecule has 0 radical (unpaired) electrons. The number of pyridine rings is 2. The molecule has 0 fully saturated rings. The predicted octanol–water partition coefficient (Wildman–Crippen LogP) is 5.61. The molecular formula is C28H25N2+. The fraction of sp³-hybridized carbons (Fsp3) is 0.214. The monoisotopic (exact) mass is 389 g/mol. The predicted molar refractivity (Wildman–Crippen MR) is 121 cm³/mol. The molecule has 0 amide bonds. The summed E-state index contributed by atoms with van der Waals surface area (Å²) >= 11 is 0. The molecule has 4 aromatic rings. The van der Waals surface area contributed by atoms with Crippen molar-refractivity contribution in [3.8, 4) is 33.5 Å². The third-order valence-corrected chi connectivity index (χ3v) is 6.78. The maximum Gasteiger partial charge on any atom is 0.213 e. The molecule has 2 heteroatoms. The number of benzene rings is 2. The lowest BCUT2D eigenvalue weighted by Crippen LogP contribution is -2.31. The van der Waals surface area contributed by atoms with Crippen molar-refractivity contribution in [2.24, 2.45) is 7.05 Å². The largest absolute Gasteiger partial charge is 0.257 e. The smallest absolute Gasteiger partial charge is 0.213 e. The van der Waals surface area contributed by atoms with E-state index in [9.17, 15) is 0 Å². The molecule has 2 aromatic heterocycles. The Bertz CT molecular complexity index is 1300. The molecule has 0 saturated heterocycles. The second kappa shape index (κ2) is 6.63. The summed E-state index contributed by atoms with van der Waals surface area (Å²) in [5.41, 5.74) is 14.5. The van der Waals surface area contributed by atoms with Crippen molar-refractivity contribution in [1.82, 2.24) is 4.98 Å². The molecule has 0 atom stereocenters. The molecule has 3 aliphatic rings. The van der Waals surface area contributed by atoms with Crippen molar-refractivity contribution in [3.63, 3.8) is 0 Å². The zero-order valence-electron chi connectivity index (χ0n) is 17.6. The Morgan fingerprint density at radius 3 is 2.53 bits per heavy atom. The molecule has 2 aromatic carbocycles. The number of aromatic nitrogens is 2. The minimum absolute atomic E-state index is 0.924. The molecule has 1 aliphatic carbocycles. The van der Waals surface area contributed by atoms with E-state index in [1.54, 1.807) is 0 Å². The topological polar surface area (TPSA) is 16.8 Å². The number of hydrogen-bond acceptors (Lipinski definition) is 1. The zero-order valence-corrected chi connectivity index (χ0v) is 17.6. The van der Waals surface area contributed by atoms with Crippen molar-refractivity contribution in [3.05, 3.63) is 94.9 Å². The van der Waals surface area contributed by atoms with Crippen LogP contribution in [-0.2, 0) is 26.3 Å². The van der Waals surface area contributed by atoms with Crippen LogP contribution in [-0.4, -0.2) is 4.98 Å². The summed E-state index contributed by atoms with van der Waals surface area (Å²) in [7, 11) is 2.15. The molecule has 0 unspecified atom stereocenters. The van der Waals surface area contributed by atoms with Crippen LogP contribution in [0, 0.1) is 6.92 Å². The van der Waals surface area contributed by atoms with Crippen molar-refractivity contribution in [2.45, 2.75) is 32.6 Å². The molecule has 7 bridgehead atoms. The summed E-state index contributed by atoms with van der Waals surface area (Å²) in [6.45, 7) is 2.23. The van der Waals surface area contributed by atoms with Gasteiger partial charge >= 0.3 is 0 Å². The van der Waals surface area contributed by atoms with Crippen LogP contribution in [0.1, 0.15) is 34.5 Å². The van der Waals surface area contributed by atoms with E-state index < -0.39 is 0 Å². The molecule has 0 spiro atoms. The van der Waals surface area contributed by atoms with Crippen molar-refractivity contribution >= 4 is 0 Å². The molecule has 30 heavy (non-hydrogen) atoms. The van der Waals surface area contributed by atoms with Gasteiger partial charge in [-0.05, 0) is 65.6 Å². The first-order chi connectivity index (χ1) is 14.7. The number of aryl methyl sites for hydroxylation is 4. The lowest BCUT2D eigenvalue weighted by atomic mass is 9.92. The molecule has 7 rings (SSSR count). The Kier molecular flexibility index (Phi) is 3.89. The average Bonchev–Trinajstić information content (AvgIpc) is 3.12. The molecule has 2 nitrogen and oxygen atoms in total. The minimum Gasteiger partial charge on any atom is -0.257 e. The molecule has 0 N–H and O–H groups in total. The van der Waals surface area contributed by atoms with E-state index in [2.05, 4.69) is 85.4 Å². The van der Waals surface area contributed by atoms with Crippen LogP contribution in [0.25, 0.3) is 33.5 Å². The highest BCUT2D eigenvalue weighted by Crippen LogP contribution is 2.42. The second-order valence-corrected chi connectivity index (χ2v) is 8.72. The van der Waals surface area contributed by atoms with Gasteiger partial charge in [-0.2, -0.15) is 0 Å². The van der Waals surface area contributed by atoms with E-state index in [0.29, 0.717) is 0 Å². The van der Waals surface area contributed by atoms with Gasteiger partial charge in [-0.3, -0.25) is 4.98 Å². The summed E-state index contributed by atoms with van der Waals surface area (Å²) in [5.74, 6) is 0. The van der Waals surface area contributed by atoms with Gasteiger partial charge in [-0.25, -0.2) is 4.57 Å². The highest BCUT2D eigenvalue weighted by molar-refractivity contribution is 5.85. The third kappa shape index (κ3) is 2.71. The van der Waals surface area contributed by atoms with E-state index in [0.717, 1.165) is 25.7 Å². The van der Waals surface area contributed by atoms with Crippen LogP contribution in [0.2, 0.25) is 0 Å². The fourth-order valence-electron chi connectivity index (χ4n) is 5.13. The van der Waals surface area contributed by atoms with Gasteiger partial charge in [0.15, 0.2) is 6.20 Å². The van der Waals surface area contributed by atoms with Gasteiger partial charge in [0.25, 0.3) is 0 Å². The van der Waals surface area contributed by atoms with Gasteiger partial charge in [0, 0.05) is 29.8 Å². The quantitative estimate of drug-likeness (QED) is 0.315. The van der Waals surface area contributed by atoms with Gasteiger partial charge in [-0.1, -0.05) is 42.5 Å². The molecular weight excluding hydrogens is 364 g/mol. The summed E-state index contributed by atoms with van der Waals surface area (Å²) in [6.07, 6.45) is 6.38. The highest BCUT2D eigenvalue weighted by atomic mass is 14.9. The standard InChI is InChI=1S/C28H25N2/c1-18-6-12-23-24-13-11-22-5-3-4-19-7-9-20(10-8-19)21-14-15-30(2)27(16-21)28(18)25(23)17-26(24)29-22/h6-16H,3-5,17H2,1-2H3/q+1. The van der Waals surface area contributed by atoms with Crippen molar-refractivity contribution in [1.29, 1.82) is 0 Å². The number of fused-ring (bicyclic) bond motifs is 5. The van der Waals surface area contributed by atoms with Crippen LogP contribution in [0.3, 0.4) is 0 Å². The van der Waals surface area contributed by atoms with Gasteiger partial charge < -0.3 is 0 Å². The van der Waals surface area contributed by atoms with Crippen LogP contribution >= 0.6 is 0 Å².